The van der Waals surface area contributed by atoms with E-state index >= 15 is 0 Å². The molecule has 232 valence electrons. The van der Waals surface area contributed by atoms with Gasteiger partial charge in [-0.15, -0.1) is 22.7 Å². The lowest BCUT2D eigenvalue weighted by atomic mass is 9.86. The summed E-state index contributed by atoms with van der Waals surface area (Å²) in [6.45, 7) is 0. The largest absolute Gasteiger partial charge is 0.135 e. The van der Waals surface area contributed by atoms with Crippen molar-refractivity contribution in [2.75, 3.05) is 0 Å². The molecule has 11 aromatic rings. The molecule has 0 saturated heterocycles. The van der Waals surface area contributed by atoms with Crippen LogP contribution >= 0.6 is 22.7 Å². The van der Waals surface area contributed by atoms with E-state index in [1.807, 2.05) is 22.7 Å². The van der Waals surface area contributed by atoms with Crippen molar-refractivity contribution >= 4 is 95.3 Å². The molecule has 2 aromatic heterocycles. The number of hydrogen-bond acceptors (Lipinski definition) is 2. The van der Waals surface area contributed by atoms with Gasteiger partial charge in [0.25, 0.3) is 0 Å². The van der Waals surface area contributed by atoms with Crippen LogP contribution in [-0.4, -0.2) is 0 Å². The van der Waals surface area contributed by atoms with Crippen LogP contribution < -0.4 is 0 Å². The summed E-state index contributed by atoms with van der Waals surface area (Å²) >= 11 is 3.79. The summed E-state index contributed by atoms with van der Waals surface area (Å²) in [5.74, 6) is 0. The molecule has 0 atom stereocenters. The highest BCUT2D eigenvalue weighted by Crippen LogP contribution is 2.45. The normalized spacial score (nSPS) is 12.0. The first-order valence-corrected chi connectivity index (χ1v) is 18.7. The minimum absolute atomic E-state index is 1.23. The third kappa shape index (κ3) is 4.16. The fourth-order valence-electron chi connectivity index (χ4n) is 8.18. The lowest BCUT2D eigenvalue weighted by Crippen LogP contribution is -1.90. The zero-order valence-corrected chi connectivity index (χ0v) is 28.6. The molecule has 11 rings (SSSR count). The Balaban J connectivity index is 1.05. The van der Waals surface area contributed by atoms with Crippen LogP contribution in [0.5, 0.6) is 0 Å². The zero-order valence-electron chi connectivity index (χ0n) is 27.0. The van der Waals surface area contributed by atoms with E-state index in [2.05, 4.69) is 170 Å². The summed E-state index contributed by atoms with van der Waals surface area (Å²) < 4.78 is 5.39. The molecule has 0 bridgehead atoms. The van der Waals surface area contributed by atoms with Crippen molar-refractivity contribution in [2.24, 2.45) is 0 Å². The van der Waals surface area contributed by atoms with Gasteiger partial charge in [0, 0.05) is 40.3 Å². The Morgan fingerprint density at radius 3 is 1.46 bits per heavy atom. The molecule has 0 aliphatic rings. The molecule has 0 fully saturated rings. The summed E-state index contributed by atoms with van der Waals surface area (Å²) in [6, 6.07) is 63.0. The summed E-state index contributed by atoms with van der Waals surface area (Å²) in [7, 11) is 0. The van der Waals surface area contributed by atoms with Gasteiger partial charge in [0.05, 0.1) is 0 Å². The number of thiophene rings is 2. The minimum atomic E-state index is 1.23. The van der Waals surface area contributed by atoms with Gasteiger partial charge in [0.2, 0.25) is 0 Å². The second-order valence-electron chi connectivity index (χ2n) is 13.2. The first kappa shape index (κ1) is 28.1. The Hall–Kier alpha value is -5.80. The molecular formula is C48H28S2. The number of benzene rings is 9. The number of hydrogen-bond donors (Lipinski definition) is 0. The van der Waals surface area contributed by atoms with Gasteiger partial charge in [-0.25, -0.2) is 0 Å². The van der Waals surface area contributed by atoms with E-state index in [1.165, 1.54) is 106 Å². The second kappa shape index (κ2) is 10.9. The Morgan fingerprint density at radius 2 is 0.760 bits per heavy atom. The van der Waals surface area contributed by atoms with E-state index in [4.69, 9.17) is 0 Å². The van der Waals surface area contributed by atoms with Gasteiger partial charge in [0.1, 0.15) is 0 Å². The summed E-state index contributed by atoms with van der Waals surface area (Å²) in [5, 5.41) is 13.2. The highest BCUT2D eigenvalue weighted by Gasteiger charge is 2.17. The van der Waals surface area contributed by atoms with Gasteiger partial charge >= 0.3 is 0 Å². The maximum Gasteiger partial charge on any atom is 0.0362 e. The zero-order chi connectivity index (χ0) is 32.8. The van der Waals surface area contributed by atoms with Gasteiger partial charge in [-0.2, -0.15) is 0 Å². The van der Waals surface area contributed by atoms with Gasteiger partial charge in [0.15, 0.2) is 0 Å². The SMILES string of the molecule is c1ccc(-c2c3ccccc3c(-c3ccc(-c4ccc5sc6cc7c(ccc8sc9ccccc9c87)cc6c5c4)cc3)c3ccccc23)cc1. The molecular weight excluding hydrogens is 641 g/mol. The van der Waals surface area contributed by atoms with Crippen LogP contribution in [-0.2, 0) is 0 Å². The highest BCUT2D eigenvalue weighted by atomic mass is 32.1. The van der Waals surface area contributed by atoms with Gasteiger partial charge in [-0.3, -0.25) is 0 Å². The maximum atomic E-state index is 2.43. The van der Waals surface area contributed by atoms with Crippen molar-refractivity contribution in [2.45, 2.75) is 0 Å². The van der Waals surface area contributed by atoms with Crippen LogP contribution in [0.4, 0.5) is 0 Å². The van der Waals surface area contributed by atoms with Crippen LogP contribution in [0.25, 0.3) is 106 Å². The standard InChI is InChI=1S/C48H28S2/c1-2-10-30(11-3-1)46-34-12-4-6-14-36(34)47(37-15-7-5-13-35(37)46)31-20-18-29(19-21-31)32-22-24-43-40(26-32)41-27-33-23-25-44-48(39(33)28-45(41)50-43)38-16-8-9-17-42(38)49-44/h1-28H. The first-order valence-electron chi connectivity index (χ1n) is 17.1. The Kier molecular flexibility index (Phi) is 6.09. The molecule has 0 aliphatic heterocycles. The Bertz CT molecular complexity index is 3070. The molecule has 0 unspecified atom stereocenters. The molecule has 0 amide bonds. The molecule has 0 saturated carbocycles. The third-order valence-corrected chi connectivity index (χ3v) is 12.7. The van der Waals surface area contributed by atoms with Crippen molar-refractivity contribution in [3.05, 3.63) is 170 Å². The van der Waals surface area contributed by atoms with Crippen molar-refractivity contribution in [3.63, 3.8) is 0 Å². The first-order chi connectivity index (χ1) is 24.8. The summed E-state index contributed by atoms with van der Waals surface area (Å²) in [6.07, 6.45) is 0. The summed E-state index contributed by atoms with van der Waals surface area (Å²) in [5.41, 5.74) is 7.56. The smallest absolute Gasteiger partial charge is 0.0362 e. The molecule has 0 nitrogen and oxygen atoms in total. The topological polar surface area (TPSA) is 0 Å². The molecule has 2 heteroatoms. The molecule has 9 aromatic carbocycles. The lowest BCUT2D eigenvalue weighted by Gasteiger charge is -2.18. The number of fused-ring (bicyclic) bond motifs is 10. The van der Waals surface area contributed by atoms with Crippen LogP contribution in [0.3, 0.4) is 0 Å². The maximum absolute atomic E-state index is 2.43. The number of rotatable bonds is 3. The lowest BCUT2D eigenvalue weighted by molar-refractivity contribution is 1.63. The fourth-order valence-corrected chi connectivity index (χ4v) is 10.4. The molecule has 0 aliphatic carbocycles. The Morgan fingerprint density at radius 1 is 0.260 bits per heavy atom. The van der Waals surface area contributed by atoms with E-state index < -0.39 is 0 Å². The minimum Gasteiger partial charge on any atom is -0.135 e. The van der Waals surface area contributed by atoms with E-state index in [0.717, 1.165) is 0 Å². The monoisotopic (exact) mass is 668 g/mol. The Labute approximate surface area is 297 Å². The van der Waals surface area contributed by atoms with E-state index in [9.17, 15) is 0 Å². The van der Waals surface area contributed by atoms with Crippen LogP contribution in [0.2, 0.25) is 0 Å². The van der Waals surface area contributed by atoms with Crippen LogP contribution in [0.15, 0.2) is 170 Å². The van der Waals surface area contributed by atoms with Gasteiger partial charge in [-0.1, -0.05) is 133 Å². The third-order valence-electron chi connectivity index (χ3n) is 10.4. The van der Waals surface area contributed by atoms with Crippen molar-refractivity contribution < 1.29 is 0 Å². The predicted molar refractivity (Wildman–Crippen MR) is 221 cm³/mol. The molecule has 50 heavy (non-hydrogen) atoms. The van der Waals surface area contributed by atoms with Crippen molar-refractivity contribution in [1.82, 2.24) is 0 Å². The average molecular weight is 669 g/mol. The molecule has 0 N–H and O–H groups in total. The molecule has 2 heterocycles. The van der Waals surface area contributed by atoms with E-state index in [1.54, 1.807) is 0 Å². The van der Waals surface area contributed by atoms with E-state index in [0.29, 0.717) is 0 Å². The van der Waals surface area contributed by atoms with E-state index in [-0.39, 0.29) is 0 Å². The van der Waals surface area contributed by atoms with Crippen molar-refractivity contribution in [1.29, 1.82) is 0 Å². The quantitative estimate of drug-likeness (QED) is 0.164. The van der Waals surface area contributed by atoms with Crippen molar-refractivity contribution in [3.8, 4) is 33.4 Å². The fraction of sp³-hybridized carbons (Fsp3) is 0. The van der Waals surface area contributed by atoms with Gasteiger partial charge < -0.3 is 0 Å². The molecule has 0 spiro atoms. The second-order valence-corrected chi connectivity index (χ2v) is 15.4. The summed E-state index contributed by atoms with van der Waals surface area (Å²) in [4.78, 5) is 0. The van der Waals surface area contributed by atoms with Crippen LogP contribution in [0, 0.1) is 0 Å². The van der Waals surface area contributed by atoms with Gasteiger partial charge in [-0.05, 0) is 102 Å². The van der Waals surface area contributed by atoms with Crippen LogP contribution in [0.1, 0.15) is 0 Å². The predicted octanol–water partition coefficient (Wildman–Crippen LogP) is 14.9. The average Bonchev–Trinajstić information content (AvgIpc) is 3.74. The highest BCUT2D eigenvalue weighted by molar-refractivity contribution is 7.26. The molecule has 0 radical (unpaired) electrons.